The molecule has 0 saturated carbocycles. The molecule has 0 fully saturated rings. The van der Waals surface area contributed by atoms with E-state index in [4.69, 9.17) is 9.47 Å². The second-order valence-corrected chi connectivity index (χ2v) is 13.8. The topological polar surface area (TPSA) is 18.5 Å². The standard InChI is InChI=1S/C23H26BrO2PSi/c1-28(2,23-13-7-20(24)8-14-23)17-26-21-9-3-18(4-10-21)15-25-16-19-5-11-22(27)12-6-19/h3-14H,15-17,27H2,1-2H3. The maximum Gasteiger partial charge on any atom is 0.124 e. The van der Waals surface area contributed by atoms with Crippen LogP contribution in [0.2, 0.25) is 13.1 Å². The molecule has 0 bridgehead atoms. The van der Waals surface area contributed by atoms with E-state index in [1.54, 1.807) is 0 Å². The van der Waals surface area contributed by atoms with E-state index in [0.717, 1.165) is 22.0 Å². The van der Waals surface area contributed by atoms with Crippen molar-refractivity contribution < 1.29 is 9.47 Å². The lowest BCUT2D eigenvalue weighted by molar-refractivity contribution is 0.107. The molecule has 3 rings (SSSR count). The van der Waals surface area contributed by atoms with Gasteiger partial charge in [-0.1, -0.05) is 82.7 Å². The van der Waals surface area contributed by atoms with Gasteiger partial charge in [0, 0.05) is 4.47 Å². The first-order valence-electron chi connectivity index (χ1n) is 9.32. The van der Waals surface area contributed by atoms with Crippen LogP contribution < -0.4 is 15.2 Å². The lowest BCUT2D eigenvalue weighted by Gasteiger charge is -2.23. The van der Waals surface area contributed by atoms with Gasteiger partial charge in [-0.05, 0) is 40.7 Å². The Bertz CT molecular complexity index is 878. The Kier molecular flexibility index (Phi) is 7.47. The Morgan fingerprint density at radius 3 is 1.89 bits per heavy atom. The number of rotatable bonds is 8. The van der Waals surface area contributed by atoms with E-state index in [1.165, 1.54) is 16.1 Å². The fourth-order valence-electron chi connectivity index (χ4n) is 2.83. The van der Waals surface area contributed by atoms with Gasteiger partial charge >= 0.3 is 0 Å². The molecular weight excluding hydrogens is 447 g/mol. The van der Waals surface area contributed by atoms with Crippen molar-refractivity contribution in [1.82, 2.24) is 0 Å². The molecule has 0 heterocycles. The first kappa shape index (κ1) is 21.3. The number of hydrogen-bond donors (Lipinski definition) is 0. The minimum Gasteiger partial charge on any atom is -0.497 e. The zero-order valence-corrected chi connectivity index (χ0v) is 20.1. The monoisotopic (exact) mass is 472 g/mol. The summed E-state index contributed by atoms with van der Waals surface area (Å²) in [6.07, 6.45) is 0.760. The van der Waals surface area contributed by atoms with E-state index >= 15 is 0 Å². The van der Waals surface area contributed by atoms with Gasteiger partial charge < -0.3 is 9.47 Å². The van der Waals surface area contributed by atoms with Crippen LogP contribution in [-0.2, 0) is 18.0 Å². The summed E-state index contributed by atoms with van der Waals surface area (Å²) in [7, 11) is 1.06. The van der Waals surface area contributed by atoms with Gasteiger partial charge in [-0.3, -0.25) is 0 Å². The molecule has 0 N–H and O–H groups in total. The summed E-state index contributed by atoms with van der Waals surface area (Å²) in [5.74, 6) is 0.914. The maximum atomic E-state index is 6.10. The normalized spacial score (nSPS) is 11.4. The molecule has 146 valence electrons. The first-order valence-corrected chi connectivity index (χ1v) is 13.9. The highest BCUT2D eigenvalue weighted by Crippen LogP contribution is 2.16. The Morgan fingerprint density at radius 2 is 1.32 bits per heavy atom. The molecule has 1 unspecified atom stereocenters. The lowest BCUT2D eigenvalue weighted by Crippen LogP contribution is -2.47. The highest BCUT2D eigenvalue weighted by Gasteiger charge is 2.24. The van der Waals surface area contributed by atoms with Crippen molar-refractivity contribution >= 4 is 43.7 Å². The summed E-state index contributed by atoms with van der Waals surface area (Å²) in [6, 6.07) is 25.2. The van der Waals surface area contributed by atoms with Crippen molar-refractivity contribution in [2.45, 2.75) is 26.3 Å². The largest absolute Gasteiger partial charge is 0.497 e. The predicted octanol–water partition coefficient (Wildman–Crippen LogP) is 5.20. The van der Waals surface area contributed by atoms with Crippen molar-refractivity contribution in [3.8, 4) is 5.75 Å². The fraction of sp³-hybridized carbons (Fsp3) is 0.217. The molecule has 0 saturated heterocycles. The molecule has 5 heteroatoms. The average Bonchev–Trinajstić information content (AvgIpc) is 2.69. The van der Waals surface area contributed by atoms with Crippen LogP contribution >= 0.6 is 25.2 Å². The number of halogens is 1. The molecule has 1 atom stereocenters. The first-order chi connectivity index (χ1) is 13.4. The van der Waals surface area contributed by atoms with Gasteiger partial charge in [0.25, 0.3) is 0 Å². The third kappa shape index (κ3) is 6.28. The van der Waals surface area contributed by atoms with Gasteiger partial charge in [0.1, 0.15) is 13.8 Å². The number of hydrogen-bond acceptors (Lipinski definition) is 2. The fourth-order valence-corrected chi connectivity index (χ4v) is 5.05. The minimum atomic E-state index is -1.63. The van der Waals surface area contributed by atoms with Crippen LogP contribution in [0.5, 0.6) is 5.75 Å². The van der Waals surface area contributed by atoms with Gasteiger partial charge in [-0.15, -0.1) is 9.24 Å². The average molecular weight is 473 g/mol. The van der Waals surface area contributed by atoms with Crippen LogP contribution in [0.25, 0.3) is 0 Å². The lowest BCUT2D eigenvalue weighted by atomic mass is 10.2. The van der Waals surface area contributed by atoms with E-state index in [-0.39, 0.29) is 0 Å². The number of benzene rings is 3. The van der Waals surface area contributed by atoms with Gasteiger partial charge in [-0.2, -0.15) is 0 Å². The zero-order chi connectivity index (χ0) is 20.0. The van der Waals surface area contributed by atoms with Crippen LogP contribution in [0.3, 0.4) is 0 Å². The summed E-state index contributed by atoms with van der Waals surface area (Å²) < 4.78 is 13.0. The molecule has 0 aliphatic heterocycles. The molecule has 0 spiro atoms. The maximum absolute atomic E-state index is 6.10. The van der Waals surface area contributed by atoms with Crippen molar-refractivity contribution in [2.24, 2.45) is 0 Å². The summed E-state index contributed by atoms with van der Waals surface area (Å²) in [5.41, 5.74) is 2.34. The van der Waals surface area contributed by atoms with Crippen LogP contribution in [0.1, 0.15) is 11.1 Å². The summed E-state index contributed by atoms with van der Waals surface area (Å²) >= 11 is 3.50. The predicted molar refractivity (Wildman–Crippen MR) is 127 cm³/mol. The van der Waals surface area contributed by atoms with Gasteiger partial charge in [0.2, 0.25) is 0 Å². The van der Waals surface area contributed by atoms with E-state index in [2.05, 4.69) is 98.9 Å². The molecule has 3 aromatic carbocycles. The third-order valence-electron chi connectivity index (χ3n) is 4.67. The Morgan fingerprint density at radius 1 is 0.786 bits per heavy atom. The molecule has 0 radical (unpaired) electrons. The third-order valence-corrected chi connectivity index (χ3v) is 8.34. The van der Waals surface area contributed by atoms with Gasteiger partial charge in [0.15, 0.2) is 0 Å². The summed E-state index contributed by atoms with van der Waals surface area (Å²) in [5, 5.41) is 2.58. The quantitative estimate of drug-likeness (QED) is 0.331. The van der Waals surface area contributed by atoms with Crippen molar-refractivity contribution in [1.29, 1.82) is 0 Å². The second kappa shape index (κ2) is 9.84. The van der Waals surface area contributed by atoms with Crippen molar-refractivity contribution in [2.75, 3.05) is 6.23 Å². The van der Waals surface area contributed by atoms with Crippen LogP contribution in [0.4, 0.5) is 0 Å². The molecule has 0 aromatic heterocycles. The molecular formula is C23H26BrO2PSi. The number of ether oxygens (including phenoxy) is 2. The molecule has 3 aromatic rings. The molecule has 0 aliphatic rings. The molecule has 28 heavy (non-hydrogen) atoms. The van der Waals surface area contributed by atoms with E-state index in [9.17, 15) is 0 Å². The van der Waals surface area contributed by atoms with Crippen molar-refractivity contribution in [3.05, 3.63) is 88.4 Å². The van der Waals surface area contributed by atoms with E-state index in [0.29, 0.717) is 13.2 Å². The zero-order valence-electron chi connectivity index (χ0n) is 16.3. The van der Waals surface area contributed by atoms with Crippen LogP contribution in [-0.4, -0.2) is 14.3 Å². The molecule has 2 nitrogen and oxygen atoms in total. The van der Waals surface area contributed by atoms with E-state index < -0.39 is 8.07 Å². The van der Waals surface area contributed by atoms with E-state index in [1.807, 2.05) is 12.1 Å². The van der Waals surface area contributed by atoms with Crippen LogP contribution in [0.15, 0.2) is 77.3 Å². The van der Waals surface area contributed by atoms with Crippen molar-refractivity contribution in [3.63, 3.8) is 0 Å². The highest BCUT2D eigenvalue weighted by atomic mass is 79.9. The minimum absolute atomic E-state index is 0.599. The second-order valence-electron chi connectivity index (χ2n) is 7.56. The summed E-state index contributed by atoms with van der Waals surface area (Å²) in [4.78, 5) is 0. The Hall–Kier alpha value is -1.45. The molecule has 0 aliphatic carbocycles. The van der Waals surface area contributed by atoms with Gasteiger partial charge in [-0.25, -0.2) is 0 Å². The highest BCUT2D eigenvalue weighted by molar-refractivity contribution is 9.10. The SMILES string of the molecule is C[Si](C)(COc1ccc(COCc2ccc(P)cc2)cc1)c1ccc(Br)cc1. The smallest absolute Gasteiger partial charge is 0.124 e. The van der Waals surface area contributed by atoms with Crippen LogP contribution in [0, 0.1) is 0 Å². The Balaban J connectivity index is 1.48. The Labute approximate surface area is 179 Å². The van der Waals surface area contributed by atoms with Gasteiger partial charge in [0.05, 0.1) is 19.4 Å². The molecule has 0 amide bonds. The summed E-state index contributed by atoms with van der Waals surface area (Å²) in [6.45, 7) is 5.89.